The first kappa shape index (κ1) is 14.5. The molecule has 0 saturated heterocycles. The molecule has 0 aromatic heterocycles. The summed E-state index contributed by atoms with van der Waals surface area (Å²) >= 11 is 0. The van der Waals surface area contributed by atoms with Crippen LogP contribution in [0.2, 0.25) is 0 Å². The summed E-state index contributed by atoms with van der Waals surface area (Å²) in [6.07, 6.45) is 0.183. The number of nitro benzene ring substituents is 1. The minimum atomic E-state index is -0.491. The first-order valence-corrected chi connectivity index (χ1v) is 6.35. The van der Waals surface area contributed by atoms with Crippen LogP contribution in [0.1, 0.15) is 11.1 Å². The number of hydrogen-bond donors (Lipinski definition) is 2. The van der Waals surface area contributed by atoms with Crippen LogP contribution >= 0.6 is 0 Å². The van der Waals surface area contributed by atoms with Crippen molar-refractivity contribution < 1.29 is 9.72 Å². The third kappa shape index (κ3) is 3.79. The van der Waals surface area contributed by atoms with Crippen LogP contribution < -0.4 is 11.1 Å². The Bertz CT molecular complexity index is 681. The summed E-state index contributed by atoms with van der Waals surface area (Å²) in [6, 6.07) is 11.4. The summed E-state index contributed by atoms with van der Waals surface area (Å²) in [5.74, 6) is -0.233. The highest BCUT2D eigenvalue weighted by Gasteiger charge is 2.11. The topological polar surface area (TPSA) is 98.3 Å². The molecule has 0 unspecified atom stereocenters. The van der Waals surface area contributed by atoms with Crippen LogP contribution in [0.25, 0.3) is 0 Å². The summed E-state index contributed by atoms with van der Waals surface area (Å²) in [7, 11) is 0. The van der Waals surface area contributed by atoms with E-state index in [9.17, 15) is 14.9 Å². The van der Waals surface area contributed by atoms with Gasteiger partial charge >= 0.3 is 0 Å². The van der Waals surface area contributed by atoms with Crippen LogP contribution in [0.15, 0.2) is 42.5 Å². The molecule has 0 spiro atoms. The molecule has 0 atom stereocenters. The van der Waals surface area contributed by atoms with Gasteiger partial charge < -0.3 is 11.1 Å². The molecule has 6 nitrogen and oxygen atoms in total. The van der Waals surface area contributed by atoms with Crippen molar-refractivity contribution in [3.05, 3.63) is 63.7 Å². The lowest BCUT2D eigenvalue weighted by Crippen LogP contribution is -2.15. The van der Waals surface area contributed by atoms with Gasteiger partial charge in [0.2, 0.25) is 5.91 Å². The molecule has 1 amide bonds. The number of nitro groups is 1. The van der Waals surface area contributed by atoms with Crippen molar-refractivity contribution >= 4 is 23.0 Å². The van der Waals surface area contributed by atoms with Crippen LogP contribution in [-0.4, -0.2) is 10.8 Å². The second kappa shape index (κ2) is 6.04. The summed E-state index contributed by atoms with van der Waals surface area (Å²) in [6.45, 7) is 1.78. The molecule has 0 aliphatic rings. The smallest absolute Gasteiger partial charge is 0.271 e. The van der Waals surface area contributed by atoms with Gasteiger partial charge in [-0.2, -0.15) is 0 Å². The van der Waals surface area contributed by atoms with E-state index in [1.165, 1.54) is 12.1 Å². The number of non-ortho nitro benzene ring substituents is 1. The van der Waals surface area contributed by atoms with E-state index in [1.807, 2.05) is 0 Å². The third-order valence-corrected chi connectivity index (χ3v) is 3.05. The normalized spacial score (nSPS) is 10.1. The Morgan fingerprint density at radius 2 is 1.90 bits per heavy atom. The van der Waals surface area contributed by atoms with Gasteiger partial charge in [0.05, 0.1) is 17.0 Å². The molecule has 21 heavy (non-hydrogen) atoms. The minimum Gasteiger partial charge on any atom is -0.399 e. The van der Waals surface area contributed by atoms with E-state index in [0.717, 1.165) is 11.1 Å². The summed E-state index contributed by atoms with van der Waals surface area (Å²) < 4.78 is 0. The van der Waals surface area contributed by atoms with Gasteiger partial charge in [0, 0.05) is 17.8 Å². The summed E-state index contributed by atoms with van der Waals surface area (Å²) in [5.41, 5.74) is 8.20. The number of nitrogens with two attached hydrogens (primary N) is 1. The van der Waals surface area contributed by atoms with E-state index >= 15 is 0 Å². The number of carbonyl (C=O) groups is 1. The predicted octanol–water partition coefficient (Wildman–Crippen LogP) is 2.67. The highest BCUT2D eigenvalue weighted by molar-refractivity contribution is 5.93. The number of nitrogens with one attached hydrogen (secondary N) is 1. The Morgan fingerprint density at radius 3 is 2.52 bits per heavy atom. The van der Waals surface area contributed by atoms with Crippen LogP contribution in [0.5, 0.6) is 0 Å². The molecule has 6 heteroatoms. The number of aryl methyl sites for hydroxylation is 1. The van der Waals surface area contributed by atoms with Gasteiger partial charge in [0.25, 0.3) is 5.69 Å². The third-order valence-electron chi connectivity index (χ3n) is 3.05. The monoisotopic (exact) mass is 285 g/mol. The predicted molar refractivity (Wildman–Crippen MR) is 81.0 cm³/mol. The van der Waals surface area contributed by atoms with Gasteiger partial charge in [-0.15, -0.1) is 0 Å². The largest absolute Gasteiger partial charge is 0.399 e. The molecular weight excluding hydrogens is 270 g/mol. The van der Waals surface area contributed by atoms with E-state index in [4.69, 9.17) is 5.73 Å². The van der Waals surface area contributed by atoms with Crippen molar-refractivity contribution in [3.8, 4) is 0 Å². The molecule has 0 aliphatic carbocycles. The van der Waals surface area contributed by atoms with Gasteiger partial charge in [-0.1, -0.05) is 18.2 Å². The van der Waals surface area contributed by atoms with Crippen molar-refractivity contribution in [2.24, 2.45) is 0 Å². The first-order valence-electron chi connectivity index (χ1n) is 6.35. The van der Waals surface area contributed by atoms with Crippen molar-refractivity contribution in [1.82, 2.24) is 0 Å². The number of benzene rings is 2. The van der Waals surface area contributed by atoms with Gasteiger partial charge in [0.1, 0.15) is 0 Å². The van der Waals surface area contributed by atoms with E-state index < -0.39 is 4.92 Å². The van der Waals surface area contributed by atoms with Gasteiger partial charge in [-0.25, -0.2) is 0 Å². The van der Waals surface area contributed by atoms with E-state index in [-0.39, 0.29) is 18.0 Å². The Labute approximate surface area is 121 Å². The van der Waals surface area contributed by atoms with Gasteiger partial charge in [0.15, 0.2) is 0 Å². The second-order valence-corrected chi connectivity index (χ2v) is 4.72. The lowest BCUT2D eigenvalue weighted by atomic mass is 10.1. The molecule has 2 aromatic carbocycles. The van der Waals surface area contributed by atoms with E-state index in [1.54, 1.807) is 37.3 Å². The quantitative estimate of drug-likeness (QED) is 0.512. The standard InChI is InChI=1S/C15H15N3O3/c1-10-2-7-13(18(20)21)9-14(10)17-15(19)8-11-3-5-12(16)6-4-11/h2-7,9H,8,16H2,1H3,(H,17,19). The molecule has 3 N–H and O–H groups in total. The molecule has 108 valence electrons. The fourth-order valence-electron chi connectivity index (χ4n) is 1.87. The molecule has 0 aliphatic heterocycles. The van der Waals surface area contributed by atoms with Crippen molar-refractivity contribution in [2.45, 2.75) is 13.3 Å². The molecule has 2 aromatic rings. The minimum absolute atomic E-state index is 0.0524. The molecule has 2 rings (SSSR count). The van der Waals surface area contributed by atoms with Crippen LogP contribution in [0, 0.1) is 17.0 Å². The fraction of sp³-hybridized carbons (Fsp3) is 0.133. The molecule has 0 heterocycles. The zero-order valence-electron chi connectivity index (χ0n) is 11.5. The Hall–Kier alpha value is -2.89. The lowest BCUT2D eigenvalue weighted by molar-refractivity contribution is -0.384. The number of carbonyl (C=O) groups excluding carboxylic acids is 1. The van der Waals surface area contributed by atoms with Crippen LogP contribution in [0.4, 0.5) is 17.1 Å². The molecular formula is C15H15N3O3. The highest BCUT2D eigenvalue weighted by Crippen LogP contribution is 2.22. The summed E-state index contributed by atoms with van der Waals surface area (Å²) in [4.78, 5) is 22.3. The zero-order valence-corrected chi connectivity index (χ0v) is 11.5. The molecule has 0 fully saturated rings. The average Bonchev–Trinajstić information content (AvgIpc) is 2.43. The number of nitrogens with zero attached hydrogens (tertiary/aromatic N) is 1. The Kier molecular flexibility index (Phi) is 4.18. The molecule has 0 radical (unpaired) electrons. The van der Waals surface area contributed by atoms with Crippen LogP contribution in [0.3, 0.4) is 0 Å². The van der Waals surface area contributed by atoms with Crippen LogP contribution in [-0.2, 0) is 11.2 Å². The maximum atomic E-state index is 12.0. The average molecular weight is 285 g/mol. The molecule has 0 saturated carbocycles. The maximum Gasteiger partial charge on any atom is 0.271 e. The van der Waals surface area contributed by atoms with Gasteiger partial charge in [-0.05, 0) is 30.2 Å². The Morgan fingerprint density at radius 1 is 1.24 bits per heavy atom. The summed E-state index contributed by atoms with van der Waals surface area (Å²) in [5, 5.41) is 13.4. The lowest BCUT2D eigenvalue weighted by Gasteiger charge is -2.08. The van der Waals surface area contributed by atoms with Crippen molar-refractivity contribution in [1.29, 1.82) is 0 Å². The number of anilines is 2. The maximum absolute atomic E-state index is 12.0. The Balaban J connectivity index is 2.10. The van der Waals surface area contributed by atoms with E-state index in [0.29, 0.717) is 11.4 Å². The second-order valence-electron chi connectivity index (χ2n) is 4.72. The van der Waals surface area contributed by atoms with Gasteiger partial charge in [-0.3, -0.25) is 14.9 Å². The first-order chi connectivity index (χ1) is 9.95. The highest BCUT2D eigenvalue weighted by atomic mass is 16.6. The SMILES string of the molecule is Cc1ccc([N+](=O)[O-])cc1NC(=O)Cc1ccc(N)cc1. The molecule has 0 bridgehead atoms. The zero-order chi connectivity index (χ0) is 15.4. The van der Waals surface area contributed by atoms with Crippen molar-refractivity contribution in [2.75, 3.05) is 11.1 Å². The number of rotatable bonds is 4. The number of hydrogen-bond acceptors (Lipinski definition) is 4. The number of amides is 1. The van der Waals surface area contributed by atoms with Crippen molar-refractivity contribution in [3.63, 3.8) is 0 Å². The fourth-order valence-corrected chi connectivity index (χ4v) is 1.87. The van der Waals surface area contributed by atoms with E-state index in [2.05, 4.69) is 5.32 Å². The number of nitrogen functional groups attached to an aromatic ring is 1.